The molecule has 0 aliphatic carbocycles. The largest absolute Gasteiger partial charge is 0.363 e. The number of nitrogen functional groups attached to an aromatic ring is 1. The van der Waals surface area contributed by atoms with E-state index in [1.54, 1.807) is 0 Å². The molecule has 9 nitrogen and oxygen atoms in total. The van der Waals surface area contributed by atoms with Crippen molar-refractivity contribution >= 4 is 17.3 Å². The molecule has 0 saturated carbocycles. The fourth-order valence-electron chi connectivity index (χ4n) is 2.54. The Bertz CT molecular complexity index is 482. The quantitative estimate of drug-likeness (QED) is 0.393. The Balaban J connectivity index is 2.11. The van der Waals surface area contributed by atoms with Crippen LogP contribution in [0.25, 0.3) is 0 Å². The molecule has 0 aromatic carbocycles. The van der Waals surface area contributed by atoms with Gasteiger partial charge in [0.15, 0.2) is 0 Å². The number of hydrazine groups is 1. The summed E-state index contributed by atoms with van der Waals surface area (Å²) in [5.41, 5.74) is 2.00. The second kappa shape index (κ2) is 6.44. The van der Waals surface area contributed by atoms with Crippen molar-refractivity contribution in [3.8, 4) is 0 Å². The summed E-state index contributed by atoms with van der Waals surface area (Å²) in [6.45, 7) is 4.79. The highest BCUT2D eigenvalue weighted by atomic mass is 16.6. The van der Waals surface area contributed by atoms with Crippen molar-refractivity contribution in [3.63, 3.8) is 0 Å². The number of nitrogens with two attached hydrogens (primary N) is 1. The number of nitrogens with one attached hydrogen (secondary N) is 2. The minimum absolute atomic E-state index is 0.00581. The van der Waals surface area contributed by atoms with Gasteiger partial charge in [-0.3, -0.25) is 15.0 Å². The molecule has 1 aliphatic heterocycles. The summed E-state index contributed by atoms with van der Waals surface area (Å²) >= 11 is 0. The third kappa shape index (κ3) is 2.94. The number of anilines is 2. The summed E-state index contributed by atoms with van der Waals surface area (Å²) in [6, 6.07) is 0.379. The minimum Gasteiger partial charge on any atom is -0.363 e. The average Bonchev–Trinajstić information content (AvgIpc) is 2.91. The van der Waals surface area contributed by atoms with Crippen LogP contribution in [0.1, 0.15) is 19.8 Å². The third-order valence-electron chi connectivity index (χ3n) is 3.55. The van der Waals surface area contributed by atoms with Gasteiger partial charge in [-0.05, 0) is 25.9 Å². The molecule has 1 fully saturated rings. The highest BCUT2D eigenvalue weighted by Gasteiger charge is 2.26. The molecule has 1 aromatic heterocycles. The lowest BCUT2D eigenvalue weighted by Crippen LogP contribution is -2.34. The van der Waals surface area contributed by atoms with Crippen LogP contribution in [0.2, 0.25) is 0 Å². The number of rotatable bonds is 6. The van der Waals surface area contributed by atoms with E-state index >= 15 is 0 Å². The van der Waals surface area contributed by atoms with Crippen molar-refractivity contribution in [2.24, 2.45) is 5.84 Å². The van der Waals surface area contributed by atoms with Crippen LogP contribution in [0.5, 0.6) is 0 Å². The van der Waals surface area contributed by atoms with Gasteiger partial charge in [0.05, 0.1) is 4.92 Å². The fourth-order valence-corrected chi connectivity index (χ4v) is 2.54. The lowest BCUT2D eigenvalue weighted by Gasteiger charge is -2.23. The number of likely N-dealkylation sites (N-methyl/N-ethyl adjacent to an activating group) is 1. The van der Waals surface area contributed by atoms with Gasteiger partial charge in [0.2, 0.25) is 11.6 Å². The molecular formula is C11H19N7O2. The van der Waals surface area contributed by atoms with Crippen LogP contribution in [-0.2, 0) is 0 Å². The van der Waals surface area contributed by atoms with Crippen LogP contribution in [0, 0.1) is 10.1 Å². The first-order chi connectivity index (χ1) is 9.67. The zero-order valence-electron chi connectivity index (χ0n) is 11.4. The Morgan fingerprint density at radius 2 is 2.30 bits per heavy atom. The predicted molar refractivity (Wildman–Crippen MR) is 75.3 cm³/mol. The van der Waals surface area contributed by atoms with Crippen LogP contribution in [0.15, 0.2) is 6.33 Å². The molecule has 1 saturated heterocycles. The predicted octanol–water partition coefficient (Wildman–Crippen LogP) is 0.567. The Morgan fingerprint density at radius 3 is 2.95 bits per heavy atom. The molecule has 0 radical (unpaired) electrons. The first-order valence-corrected chi connectivity index (χ1v) is 6.61. The molecule has 4 N–H and O–H groups in total. The average molecular weight is 281 g/mol. The van der Waals surface area contributed by atoms with E-state index in [-0.39, 0.29) is 17.3 Å². The maximum Gasteiger partial charge on any atom is 0.354 e. The summed E-state index contributed by atoms with van der Waals surface area (Å²) < 4.78 is 0. The molecule has 110 valence electrons. The third-order valence-corrected chi connectivity index (χ3v) is 3.55. The lowest BCUT2D eigenvalue weighted by molar-refractivity contribution is -0.383. The second-order valence-corrected chi connectivity index (χ2v) is 4.63. The van der Waals surface area contributed by atoms with Gasteiger partial charge >= 0.3 is 5.69 Å². The van der Waals surface area contributed by atoms with E-state index in [0.717, 1.165) is 25.9 Å². The standard InChI is InChI=1S/C11H19N7O2/c1-2-17-5-3-4-8(17)6-13-10-9(18(19)20)11(16-12)15-7-14-10/h7-8H,2-6,12H2,1H3,(H2,13,14,15,16). The zero-order valence-corrected chi connectivity index (χ0v) is 11.4. The maximum atomic E-state index is 11.1. The van der Waals surface area contributed by atoms with Gasteiger partial charge in [-0.1, -0.05) is 6.92 Å². The molecule has 1 atom stereocenters. The van der Waals surface area contributed by atoms with Crippen LogP contribution in [-0.4, -0.2) is 45.5 Å². The van der Waals surface area contributed by atoms with Gasteiger partial charge in [0.25, 0.3) is 0 Å². The molecule has 9 heteroatoms. The number of likely N-dealkylation sites (tertiary alicyclic amines) is 1. The van der Waals surface area contributed by atoms with Crippen LogP contribution < -0.4 is 16.6 Å². The van der Waals surface area contributed by atoms with Crippen molar-refractivity contribution in [1.29, 1.82) is 0 Å². The summed E-state index contributed by atoms with van der Waals surface area (Å²) in [5.74, 6) is 5.44. The minimum atomic E-state index is -0.538. The van der Waals surface area contributed by atoms with Gasteiger partial charge in [-0.25, -0.2) is 15.8 Å². The van der Waals surface area contributed by atoms with E-state index in [1.165, 1.54) is 6.33 Å². The zero-order chi connectivity index (χ0) is 14.5. The van der Waals surface area contributed by atoms with Crippen molar-refractivity contribution < 1.29 is 4.92 Å². The maximum absolute atomic E-state index is 11.1. The number of aromatic nitrogens is 2. The molecule has 1 unspecified atom stereocenters. The number of nitro groups is 1. The highest BCUT2D eigenvalue weighted by Crippen LogP contribution is 2.28. The number of hydrogen-bond donors (Lipinski definition) is 3. The molecule has 20 heavy (non-hydrogen) atoms. The number of nitrogens with zero attached hydrogens (tertiary/aromatic N) is 4. The Kier molecular flexibility index (Phi) is 4.64. The Morgan fingerprint density at radius 1 is 1.55 bits per heavy atom. The van der Waals surface area contributed by atoms with Crippen molar-refractivity contribution in [1.82, 2.24) is 14.9 Å². The van der Waals surface area contributed by atoms with E-state index in [9.17, 15) is 10.1 Å². The van der Waals surface area contributed by atoms with Gasteiger partial charge in [-0.2, -0.15) is 0 Å². The van der Waals surface area contributed by atoms with Crippen molar-refractivity contribution in [2.45, 2.75) is 25.8 Å². The van der Waals surface area contributed by atoms with Gasteiger partial charge in [-0.15, -0.1) is 0 Å². The van der Waals surface area contributed by atoms with E-state index in [0.29, 0.717) is 12.6 Å². The normalized spacial score (nSPS) is 19.0. The van der Waals surface area contributed by atoms with Crippen LogP contribution in [0.4, 0.5) is 17.3 Å². The smallest absolute Gasteiger partial charge is 0.354 e. The number of hydrogen-bond acceptors (Lipinski definition) is 8. The summed E-state index contributed by atoms with van der Waals surface area (Å²) in [4.78, 5) is 20.6. The summed E-state index contributed by atoms with van der Waals surface area (Å²) in [6.07, 6.45) is 3.49. The summed E-state index contributed by atoms with van der Waals surface area (Å²) in [5, 5.41) is 14.1. The summed E-state index contributed by atoms with van der Waals surface area (Å²) in [7, 11) is 0. The molecule has 0 spiro atoms. The van der Waals surface area contributed by atoms with Crippen LogP contribution in [0.3, 0.4) is 0 Å². The lowest BCUT2D eigenvalue weighted by atomic mass is 10.2. The van der Waals surface area contributed by atoms with E-state index in [1.807, 2.05) is 0 Å². The molecule has 0 amide bonds. The SMILES string of the molecule is CCN1CCCC1CNc1ncnc(NN)c1[N+](=O)[O-]. The second-order valence-electron chi connectivity index (χ2n) is 4.63. The monoisotopic (exact) mass is 281 g/mol. The van der Waals surface area contributed by atoms with E-state index in [2.05, 4.69) is 32.5 Å². The van der Waals surface area contributed by atoms with Gasteiger partial charge < -0.3 is 10.7 Å². The van der Waals surface area contributed by atoms with Gasteiger partial charge in [0.1, 0.15) is 6.33 Å². The molecule has 2 rings (SSSR count). The molecule has 2 heterocycles. The Labute approximate surface area is 116 Å². The van der Waals surface area contributed by atoms with Crippen molar-refractivity contribution in [2.75, 3.05) is 30.4 Å². The van der Waals surface area contributed by atoms with Crippen LogP contribution >= 0.6 is 0 Å². The molecular weight excluding hydrogens is 262 g/mol. The highest BCUT2D eigenvalue weighted by molar-refractivity contribution is 5.68. The first kappa shape index (κ1) is 14.4. The Hall–Kier alpha value is -2.00. The van der Waals surface area contributed by atoms with E-state index < -0.39 is 4.92 Å². The van der Waals surface area contributed by atoms with E-state index in [4.69, 9.17) is 5.84 Å². The molecule has 0 bridgehead atoms. The molecule has 1 aliphatic rings. The fraction of sp³-hybridized carbons (Fsp3) is 0.636. The van der Waals surface area contributed by atoms with Gasteiger partial charge in [0, 0.05) is 12.6 Å². The molecule has 1 aromatic rings. The van der Waals surface area contributed by atoms with Crippen molar-refractivity contribution in [3.05, 3.63) is 16.4 Å². The first-order valence-electron chi connectivity index (χ1n) is 6.61. The topological polar surface area (TPSA) is 122 Å².